The van der Waals surface area contributed by atoms with Crippen LogP contribution in [0.1, 0.15) is 35.0 Å². The smallest absolute Gasteiger partial charge is 0.419 e. The molecule has 0 bridgehead atoms. The highest BCUT2D eigenvalue weighted by Gasteiger charge is 2.35. The summed E-state index contributed by atoms with van der Waals surface area (Å²) in [5.41, 5.74) is 3.92. The number of nitrogens with two attached hydrogens (primary N) is 1. The first kappa shape index (κ1) is 26.7. The van der Waals surface area contributed by atoms with Crippen molar-refractivity contribution in [2.45, 2.75) is 31.2 Å². The standard InChI is InChI=1S/C22H21F6N3O3S/c23-21(24,25)14-5-1-2-6-17(14)33-9-3-4-10-34-18-8-7-13(11-15(18)22(26,27)28)19-30-31-20(35-19)16(29)12-32/h1-2,5-8,11,16,32H,3-4,9-10,12,29H2. The predicted molar refractivity (Wildman–Crippen MR) is 116 cm³/mol. The van der Waals surface area contributed by atoms with Gasteiger partial charge in [0.25, 0.3) is 0 Å². The topological polar surface area (TPSA) is 90.5 Å². The molecule has 1 aromatic heterocycles. The summed E-state index contributed by atoms with van der Waals surface area (Å²) in [6, 6.07) is 7.45. The molecule has 3 aromatic rings. The van der Waals surface area contributed by atoms with Crippen LogP contribution in [0.4, 0.5) is 26.3 Å². The highest BCUT2D eigenvalue weighted by molar-refractivity contribution is 7.14. The average molecular weight is 521 g/mol. The number of benzene rings is 2. The first-order valence-electron chi connectivity index (χ1n) is 10.3. The first-order valence-corrected chi connectivity index (χ1v) is 11.2. The minimum absolute atomic E-state index is 0.0587. The van der Waals surface area contributed by atoms with Crippen LogP contribution in [0.5, 0.6) is 11.5 Å². The molecule has 0 aliphatic rings. The molecule has 190 valence electrons. The Balaban J connectivity index is 1.59. The Bertz CT molecular complexity index is 1120. The molecule has 0 spiro atoms. The minimum Gasteiger partial charge on any atom is -0.493 e. The molecule has 1 heterocycles. The van der Waals surface area contributed by atoms with Crippen LogP contribution in [0.25, 0.3) is 10.6 Å². The van der Waals surface area contributed by atoms with Gasteiger partial charge in [0.05, 0.1) is 37.0 Å². The minimum atomic E-state index is -4.70. The third-order valence-electron chi connectivity index (χ3n) is 4.73. The van der Waals surface area contributed by atoms with Crippen molar-refractivity contribution >= 4 is 11.3 Å². The highest BCUT2D eigenvalue weighted by Crippen LogP contribution is 2.40. The zero-order chi connectivity index (χ0) is 25.6. The molecule has 3 N–H and O–H groups in total. The maximum Gasteiger partial charge on any atom is 0.419 e. The van der Waals surface area contributed by atoms with E-state index in [9.17, 15) is 26.3 Å². The van der Waals surface area contributed by atoms with Gasteiger partial charge in [-0.15, -0.1) is 10.2 Å². The normalized spacial score (nSPS) is 13.0. The zero-order valence-electron chi connectivity index (χ0n) is 18.1. The van der Waals surface area contributed by atoms with Gasteiger partial charge >= 0.3 is 12.4 Å². The molecule has 0 aliphatic heterocycles. The number of aliphatic hydroxyl groups excluding tert-OH is 1. The van der Waals surface area contributed by atoms with Gasteiger partial charge in [-0.25, -0.2) is 0 Å². The van der Waals surface area contributed by atoms with E-state index in [1.165, 1.54) is 30.3 Å². The van der Waals surface area contributed by atoms with E-state index in [0.717, 1.165) is 23.5 Å². The lowest BCUT2D eigenvalue weighted by atomic mass is 10.1. The Hall–Kier alpha value is -2.90. The molecule has 0 saturated heterocycles. The number of rotatable bonds is 10. The van der Waals surface area contributed by atoms with E-state index in [2.05, 4.69) is 10.2 Å². The molecule has 1 atom stereocenters. The van der Waals surface area contributed by atoms with Crippen molar-refractivity contribution in [1.29, 1.82) is 0 Å². The molecule has 0 amide bonds. The van der Waals surface area contributed by atoms with Crippen molar-refractivity contribution in [3.8, 4) is 22.1 Å². The summed E-state index contributed by atoms with van der Waals surface area (Å²) in [6.07, 6.45) is -8.73. The second kappa shape index (κ2) is 11.2. The fourth-order valence-electron chi connectivity index (χ4n) is 2.98. The fourth-order valence-corrected chi connectivity index (χ4v) is 3.82. The molecular formula is C22H21F6N3O3S. The predicted octanol–water partition coefficient (Wildman–Crippen LogP) is 5.47. The number of unbranched alkanes of at least 4 members (excludes halogenated alkanes) is 1. The van der Waals surface area contributed by atoms with Gasteiger partial charge in [-0.3, -0.25) is 0 Å². The molecule has 1 unspecified atom stereocenters. The molecule has 0 radical (unpaired) electrons. The van der Waals surface area contributed by atoms with Crippen LogP contribution in [-0.2, 0) is 12.4 Å². The van der Waals surface area contributed by atoms with Crippen molar-refractivity contribution in [3.63, 3.8) is 0 Å². The average Bonchev–Trinajstić information content (AvgIpc) is 3.30. The molecule has 6 nitrogen and oxygen atoms in total. The van der Waals surface area contributed by atoms with Crippen molar-refractivity contribution in [2.24, 2.45) is 5.73 Å². The number of ether oxygens (including phenoxy) is 2. The van der Waals surface area contributed by atoms with Crippen LogP contribution in [-0.4, -0.2) is 35.1 Å². The molecule has 3 rings (SSSR count). The third-order valence-corrected chi connectivity index (χ3v) is 5.84. The van der Waals surface area contributed by atoms with Crippen molar-refractivity contribution in [2.75, 3.05) is 19.8 Å². The van der Waals surface area contributed by atoms with E-state index >= 15 is 0 Å². The van der Waals surface area contributed by atoms with E-state index < -0.39 is 29.5 Å². The summed E-state index contributed by atoms with van der Waals surface area (Å²) >= 11 is 0.972. The number of nitrogens with zero attached hydrogens (tertiary/aromatic N) is 2. The van der Waals surface area contributed by atoms with Gasteiger partial charge in [0.1, 0.15) is 21.5 Å². The number of para-hydroxylation sites is 1. The largest absolute Gasteiger partial charge is 0.493 e. The third kappa shape index (κ3) is 7.05. The Labute approximate surface area is 200 Å². The van der Waals surface area contributed by atoms with Gasteiger partial charge in [-0.1, -0.05) is 23.5 Å². The lowest BCUT2D eigenvalue weighted by Crippen LogP contribution is -2.13. The van der Waals surface area contributed by atoms with Crippen LogP contribution in [0.15, 0.2) is 42.5 Å². The Kier molecular flexibility index (Phi) is 8.56. The van der Waals surface area contributed by atoms with E-state index in [0.29, 0.717) is 0 Å². The fraction of sp³-hybridized carbons (Fsp3) is 0.364. The highest BCUT2D eigenvalue weighted by atomic mass is 32.1. The van der Waals surface area contributed by atoms with E-state index in [4.69, 9.17) is 20.3 Å². The lowest BCUT2D eigenvalue weighted by Gasteiger charge is -2.15. The Morgan fingerprint density at radius 2 is 1.46 bits per heavy atom. The summed E-state index contributed by atoms with van der Waals surface area (Å²) in [7, 11) is 0. The molecule has 2 aromatic carbocycles. The zero-order valence-corrected chi connectivity index (χ0v) is 18.9. The van der Waals surface area contributed by atoms with Crippen molar-refractivity contribution < 1.29 is 40.9 Å². The summed E-state index contributed by atoms with van der Waals surface area (Å²) in [4.78, 5) is 0. The maximum absolute atomic E-state index is 13.6. The lowest BCUT2D eigenvalue weighted by molar-refractivity contribution is -0.139. The van der Waals surface area contributed by atoms with Gasteiger partial charge in [0.15, 0.2) is 0 Å². The number of aliphatic hydroxyl groups is 1. The number of aromatic nitrogens is 2. The summed E-state index contributed by atoms with van der Waals surface area (Å²) in [5.74, 6) is -0.697. The number of hydrogen-bond donors (Lipinski definition) is 2. The van der Waals surface area contributed by atoms with Crippen LogP contribution < -0.4 is 15.2 Å². The molecule has 35 heavy (non-hydrogen) atoms. The second-order valence-corrected chi connectivity index (χ2v) is 8.35. The van der Waals surface area contributed by atoms with E-state index in [1.54, 1.807) is 0 Å². The quantitative estimate of drug-likeness (QED) is 0.272. The van der Waals surface area contributed by atoms with E-state index in [1.807, 2.05) is 0 Å². The molecule has 0 fully saturated rings. The van der Waals surface area contributed by atoms with Crippen LogP contribution in [0, 0.1) is 0 Å². The Morgan fingerprint density at radius 3 is 2.06 bits per heavy atom. The summed E-state index contributed by atoms with van der Waals surface area (Å²) in [5, 5.41) is 17.2. The van der Waals surface area contributed by atoms with Crippen molar-refractivity contribution in [3.05, 3.63) is 58.6 Å². The van der Waals surface area contributed by atoms with Gasteiger partial charge in [-0.05, 0) is 43.2 Å². The van der Waals surface area contributed by atoms with Gasteiger partial charge in [-0.2, -0.15) is 26.3 Å². The SMILES string of the molecule is NC(CO)c1nnc(-c2ccc(OCCCCOc3ccccc3C(F)(F)F)c(C(F)(F)F)c2)s1. The molecule has 13 heteroatoms. The monoisotopic (exact) mass is 521 g/mol. The summed E-state index contributed by atoms with van der Waals surface area (Å²) < 4.78 is 90.2. The Morgan fingerprint density at radius 1 is 0.857 bits per heavy atom. The van der Waals surface area contributed by atoms with Crippen molar-refractivity contribution in [1.82, 2.24) is 10.2 Å². The first-order chi connectivity index (χ1) is 16.5. The van der Waals surface area contributed by atoms with Gasteiger partial charge < -0.3 is 20.3 Å². The van der Waals surface area contributed by atoms with Gasteiger partial charge in [0, 0.05) is 5.56 Å². The number of hydrogen-bond acceptors (Lipinski definition) is 7. The number of alkyl halides is 6. The van der Waals surface area contributed by atoms with Crippen LogP contribution in [0.3, 0.4) is 0 Å². The van der Waals surface area contributed by atoms with E-state index in [-0.39, 0.29) is 59.7 Å². The maximum atomic E-state index is 13.6. The number of halogens is 6. The summed E-state index contributed by atoms with van der Waals surface area (Å²) in [6.45, 7) is -0.535. The second-order valence-electron chi connectivity index (χ2n) is 7.34. The molecule has 0 saturated carbocycles. The van der Waals surface area contributed by atoms with Crippen LogP contribution >= 0.6 is 11.3 Å². The molecular weight excluding hydrogens is 500 g/mol. The molecule has 0 aliphatic carbocycles. The van der Waals surface area contributed by atoms with Crippen LogP contribution in [0.2, 0.25) is 0 Å². The van der Waals surface area contributed by atoms with Gasteiger partial charge in [0.2, 0.25) is 0 Å².